The Hall–Kier alpha value is -2.73. The molecule has 5 rings (SSSR count). The zero-order chi connectivity index (χ0) is 19.3. The van der Waals surface area contributed by atoms with Crippen LogP contribution in [0.5, 0.6) is 0 Å². The molecule has 2 fully saturated rings. The Bertz CT molecular complexity index is 1030. The fourth-order valence-corrected chi connectivity index (χ4v) is 5.12. The quantitative estimate of drug-likeness (QED) is 0.763. The van der Waals surface area contributed by atoms with Crippen molar-refractivity contribution in [3.05, 3.63) is 60.3 Å². The smallest absolute Gasteiger partial charge is 0.256 e. The van der Waals surface area contributed by atoms with Crippen LogP contribution in [-0.2, 0) is 6.54 Å². The van der Waals surface area contributed by atoms with E-state index in [2.05, 4.69) is 20.6 Å². The summed E-state index contributed by atoms with van der Waals surface area (Å²) >= 11 is 0. The molecule has 1 unspecified atom stereocenters. The predicted octanol–water partition coefficient (Wildman–Crippen LogP) is 2.94. The number of fused-ring (bicyclic) bond motifs is 3. The van der Waals surface area contributed by atoms with Gasteiger partial charge in [-0.1, -0.05) is 0 Å². The van der Waals surface area contributed by atoms with Crippen molar-refractivity contribution >= 4 is 16.8 Å². The van der Waals surface area contributed by atoms with Crippen LogP contribution in [0.2, 0.25) is 0 Å². The SMILES string of the molecule is Cc1ncccc1C(=O)N1[C@@H]2CC[C@H]1CC(O)(Cn1ccc3ccncc31)C2. The number of carbonyl (C=O) groups excluding carboxylic acids is 1. The second kappa shape index (κ2) is 6.41. The minimum absolute atomic E-state index is 0.0516. The third-order valence-electron chi connectivity index (χ3n) is 6.36. The summed E-state index contributed by atoms with van der Waals surface area (Å²) in [5, 5.41) is 12.5. The number of aromatic nitrogens is 3. The van der Waals surface area contributed by atoms with Crippen LogP contribution in [0.15, 0.2) is 49.1 Å². The Kier molecular flexibility index (Phi) is 3.98. The van der Waals surface area contributed by atoms with Crippen molar-refractivity contribution in [3.63, 3.8) is 0 Å². The molecule has 3 aromatic rings. The number of amides is 1. The molecule has 3 atom stereocenters. The molecule has 0 saturated carbocycles. The Morgan fingerprint density at radius 1 is 1.21 bits per heavy atom. The van der Waals surface area contributed by atoms with E-state index in [0.29, 0.717) is 24.9 Å². The van der Waals surface area contributed by atoms with Gasteiger partial charge in [0, 0.05) is 41.8 Å². The fraction of sp³-hybridized carbons (Fsp3) is 0.409. The van der Waals surface area contributed by atoms with Gasteiger partial charge in [-0.3, -0.25) is 14.8 Å². The number of aryl methyl sites for hydroxylation is 1. The van der Waals surface area contributed by atoms with E-state index in [1.54, 1.807) is 12.4 Å². The molecular weight excluding hydrogens is 352 g/mol. The maximum atomic E-state index is 13.2. The molecule has 5 heterocycles. The lowest BCUT2D eigenvalue weighted by Crippen LogP contribution is -2.54. The molecule has 2 aliphatic heterocycles. The standard InChI is InChI=1S/C22H24N4O2/c1-15-19(3-2-8-24-15)21(27)26-17-4-5-18(26)12-22(28,11-17)14-25-10-7-16-6-9-23-13-20(16)25/h2-3,6-10,13,17-18,28H,4-5,11-12,14H2,1H3/t17-,18+,22?. The molecule has 6 nitrogen and oxygen atoms in total. The number of hydrogen-bond donors (Lipinski definition) is 1. The lowest BCUT2D eigenvalue weighted by molar-refractivity contribution is -0.0533. The van der Waals surface area contributed by atoms with E-state index >= 15 is 0 Å². The third-order valence-corrected chi connectivity index (χ3v) is 6.36. The van der Waals surface area contributed by atoms with Crippen molar-refractivity contribution in [1.82, 2.24) is 19.4 Å². The van der Waals surface area contributed by atoms with Crippen molar-refractivity contribution in [3.8, 4) is 0 Å². The maximum Gasteiger partial charge on any atom is 0.256 e. The highest BCUT2D eigenvalue weighted by Crippen LogP contribution is 2.42. The van der Waals surface area contributed by atoms with Crippen LogP contribution in [0, 0.1) is 6.92 Å². The number of pyridine rings is 2. The molecule has 6 heteroatoms. The van der Waals surface area contributed by atoms with Gasteiger partial charge in [0.2, 0.25) is 0 Å². The first-order chi connectivity index (χ1) is 13.5. The van der Waals surface area contributed by atoms with Gasteiger partial charge in [-0.25, -0.2) is 0 Å². The monoisotopic (exact) mass is 376 g/mol. The van der Waals surface area contributed by atoms with Crippen LogP contribution in [0.1, 0.15) is 41.7 Å². The van der Waals surface area contributed by atoms with Crippen LogP contribution >= 0.6 is 0 Å². The summed E-state index contributed by atoms with van der Waals surface area (Å²) in [5.41, 5.74) is 1.66. The van der Waals surface area contributed by atoms with Gasteiger partial charge in [0.1, 0.15) is 0 Å². The normalized spacial score (nSPS) is 26.7. The van der Waals surface area contributed by atoms with Crippen LogP contribution in [0.3, 0.4) is 0 Å². The Morgan fingerprint density at radius 2 is 2.00 bits per heavy atom. The summed E-state index contributed by atoms with van der Waals surface area (Å²) in [6, 6.07) is 7.86. The molecule has 0 spiro atoms. The molecule has 1 N–H and O–H groups in total. The Balaban J connectivity index is 1.39. The highest BCUT2D eigenvalue weighted by molar-refractivity contribution is 5.96. The molecule has 2 bridgehead atoms. The summed E-state index contributed by atoms with van der Waals surface area (Å²) in [5.74, 6) is 0.0516. The summed E-state index contributed by atoms with van der Waals surface area (Å²) in [6.45, 7) is 2.41. The lowest BCUT2D eigenvalue weighted by atomic mass is 9.85. The van der Waals surface area contributed by atoms with Gasteiger partial charge in [0.05, 0.1) is 29.4 Å². The van der Waals surface area contributed by atoms with Gasteiger partial charge >= 0.3 is 0 Å². The van der Waals surface area contributed by atoms with Crippen LogP contribution in [0.4, 0.5) is 0 Å². The minimum atomic E-state index is -0.811. The van der Waals surface area contributed by atoms with E-state index in [1.807, 2.05) is 42.4 Å². The van der Waals surface area contributed by atoms with Crippen molar-refractivity contribution < 1.29 is 9.90 Å². The molecule has 0 aliphatic carbocycles. The second-order valence-corrected chi connectivity index (χ2v) is 8.24. The zero-order valence-electron chi connectivity index (χ0n) is 16.0. The maximum absolute atomic E-state index is 13.2. The van der Waals surface area contributed by atoms with Crippen molar-refractivity contribution in [1.29, 1.82) is 0 Å². The van der Waals surface area contributed by atoms with E-state index in [4.69, 9.17) is 0 Å². The first-order valence-corrected chi connectivity index (χ1v) is 9.90. The van der Waals surface area contributed by atoms with Gasteiger partial charge < -0.3 is 14.6 Å². The molecule has 3 aromatic heterocycles. The Labute approximate surface area is 163 Å². The minimum Gasteiger partial charge on any atom is -0.388 e. The van der Waals surface area contributed by atoms with E-state index in [1.165, 1.54) is 0 Å². The van der Waals surface area contributed by atoms with E-state index < -0.39 is 5.60 Å². The first kappa shape index (κ1) is 17.4. The lowest BCUT2D eigenvalue weighted by Gasteiger charge is -2.44. The van der Waals surface area contributed by atoms with Gasteiger partial charge in [-0.15, -0.1) is 0 Å². The summed E-state index contributed by atoms with van der Waals surface area (Å²) in [7, 11) is 0. The van der Waals surface area contributed by atoms with Crippen LogP contribution in [-0.4, -0.2) is 48.1 Å². The number of hydrogen-bond acceptors (Lipinski definition) is 4. The second-order valence-electron chi connectivity index (χ2n) is 8.24. The first-order valence-electron chi connectivity index (χ1n) is 9.90. The van der Waals surface area contributed by atoms with E-state index in [9.17, 15) is 9.90 Å². The van der Waals surface area contributed by atoms with Gasteiger partial charge in [0.15, 0.2) is 0 Å². The summed E-state index contributed by atoms with van der Waals surface area (Å²) in [4.78, 5) is 23.7. The molecule has 0 aromatic carbocycles. The Morgan fingerprint density at radius 3 is 2.75 bits per heavy atom. The fourth-order valence-electron chi connectivity index (χ4n) is 5.12. The van der Waals surface area contributed by atoms with E-state index in [0.717, 1.165) is 29.4 Å². The van der Waals surface area contributed by atoms with Crippen molar-refractivity contribution in [2.24, 2.45) is 0 Å². The molecule has 144 valence electrons. The van der Waals surface area contributed by atoms with Gasteiger partial charge in [-0.2, -0.15) is 0 Å². The van der Waals surface area contributed by atoms with Gasteiger partial charge in [-0.05, 0) is 56.9 Å². The number of rotatable bonds is 3. The van der Waals surface area contributed by atoms with Crippen LogP contribution < -0.4 is 0 Å². The van der Waals surface area contributed by atoms with Gasteiger partial charge in [0.25, 0.3) is 5.91 Å². The molecule has 28 heavy (non-hydrogen) atoms. The number of aliphatic hydroxyl groups is 1. The zero-order valence-corrected chi connectivity index (χ0v) is 16.0. The summed E-state index contributed by atoms with van der Waals surface area (Å²) < 4.78 is 2.09. The van der Waals surface area contributed by atoms with E-state index in [-0.39, 0.29) is 18.0 Å². The number of nitrogens with zero attached hydrogens (tertiary/aromatic N) is 4. The summed E-state index contributed by atoms with van der Waals surface area (Å²) in [6.07, 6.45) is 10.5. The largest absolute Gasteiger partial charge is 0.388 e. The topological polar surface area (TPSA) is 71.2 Å². The number of carbonyl (C=O) groups is 1. The molecule has 2 aliphatic rings. The predicted molar refractivity (Wildman–Crippen MR) is 106 cm³/mol. The molecule has 0 radical (unpaired) electrons. The number of piperidine rings is 1. The third kappa shape index (κ3) is 2.79. The molecule has 2 saturated heterocycles. The molecule has 1 amide bonds. The average Bonchev–Trinajstić information content (AvgIpc) is 3.21. The highest BCUT2D eigenvalue weighted by Gasteiger charge is 2.49. The highest BCUT2D eigenvalue weighted by atomic mass is 16.3. The average molecular weight is 376 g/mol. The van der Waals surface area contributed by atoms with Crippen molar-refractivity contribution in [2.45, 2.75) is 56.8 Å². The van der Waals surface area contributed by atoms with Crippen LogP contribution in [0.25, 0.3) is 10.9 Å². The van der Waals surface area contributed by atoms with Crippen molar-refractivity contribution in [2.75, 3.05) is 0 Å². The molecular formula is C22H24N4O2.